The number of nitrogens with zero attached hydrogens (tertiary/aromatic N) is 1. The van der Waals surface area contributed by atoms with Gasteiger partial charge in [0.2, 0.25) is 15.9 Å². The van der Waals surface area contributed by atoms with Gasteiger partial charge in [-0.3, -0.25) is 4.79 Å². The summed E-state index contributed by atoms with van der Waals surface area (Å²) in [6, 6.07) is 12.0. The Balaban J connectivity index is 1.85. The second kappa shape index (κ2) is 7.51. The molecular weight excluding hydrogens is 340 g/mol. The molecule has 0 saturated carbocycles. The zero-order valence-electron chi connectivity index (χ0n) is 14.1. The first-order chi connectivity index (χ1) is 12.0. The highest BCUT2D eigenvalue weighted by atomic mass is 32.2. The van der Waals surface area contributed by atoms with Crippen LogP contribution in [0.15, 0.2) is 47.4 Å². The van der Waals surface area contributed by atoms with E-state index in [1.165, 1.54) is 4.31 Å². The van der Waals surface area contributed by atoms with E-state index in [1.54, 1.807) is 25.3 Å². The van der Waals surface area contributed by atoms with Crippen LogP contribution in [0, 0.1) is 0 Å². The van der Waals surface area contributed by atoms with E-state index in [0.717, 1.165) is 10.8 Å². The monoisotopic (exact) mass is 362 g/mol. The fourth-order valence-corrected chi connectivity index (χ4v) is 4.84. The summed E-state index contributed by atoms with van der Waals surface area (Å²) in [6.45, 7) is 1.13. The molecule has 0 bridgehead atoms. The maximum Gasteiger partial charge on any atom is 0.243 e. The van der Waals surface area contributed by atoms with Crippen LogP contribution in [-0.2, 0) is 19.6 Å². The van der Waals surface area contributed by atoms with Crippen LogP contribution in [0.4, 0.5) is 0 Å². The second-order valence-corrected chi connectivity index (χ2v) is 7.96. The van der Waals surface area contributed by atoms with Crippen LogP contribution >= 0.6 is 0 Å². The molecule has 0 unspecified atom stereocenters. The number of carbonyl (C=O) groups is 1. The Morgan fingerprint density at radius 3 is 2.76 bits per heavy atom. The zero-order chi connectivity index (χ0) is 17.9. The molecule has 1 atom stereocenters. The molecule has 0 radical (unpaired) electrons. The molecule has 1 heterocycles. The van der Waals surface area contributed by atoms with Crippen molar-refractivity contribution in [3.8, 4) is 0 Å². The van der Waals surface area contributed by atoms with Crippen molar-refractivity contribution in [3.63, 3.8) is 0 Å². The first-order valence-electron chi connectivity index (χ1n) is 8.31. The second-order valence-electron chi connectivity index (χ2n) is 6.07. The van der Waals surface area contributed by atoms with Crippen LogP contribution in [0.2, 0.25) is 0 Å². The minimum absolute atomic E-state index is 0.225. The number of ether oxygens (including phenoxy) is 1. The zero-order valence-corrected chi connectivity index (χ0v) is 15.0. The molecule has 134 valence electrons. The van der Waals surface area contributed by atoms with Gasteiger partial charge in [-0.15, -0.1) is 0 Å². The van der Waals surface area contributed by atoms with Crippen molar-refractivity contribution in [2.24, 2.45) is 0 Å². The van der Waals surface area contributed by atoms with Gasteiger partial charge in [0, 0.05) is 20.2 Å². The number of methoxy groups -OCH3 is 1. The highest BCUT2D eigenvalue weighted by Gasteiger charge is 2.39. The van der Waals surface area contributed by atoms with E-state index >= 15 is 0 Å². The number of amides is 1. The molecule has 0 aromatic heterocycles. The van der Waals surface area contributed by atoms with Crippen molar-refractivity contribution in [1.29, 1.82) is 0 Å². The lowest BCUT2D eigenvalue weighted by atomic mass is 10.1. The smallest absolute Gasteiger partial charge is 0.243 e. The number of rotatable bonds is 6. The lowest BCUT2D eigenvalue weighted by molar-refractivity contribution is -0.124. The maximum atomic E-state index is 13.0. The molecule has 25 heavy (non-hydrogen) atoms. The van der Waals surface area contributed by atoms with Crippen molar-refractivity contribution >= 4 is 26.7 Å². The van der Waals surface area contributed by atoms with Gasteiger partial charge in [0.05, 0.1) is 11.5 Å². The molecule has 1 saturated heterocycles. The first kappa shape index (κ1) is 17.8. The number of fused-ring (bicyclic) bond motifs is 1. The average Bonchev–Trinajstić information content (AvgIpc) is 3.12. The topological polar surface area (TPSA) is 75.7 Å². The van der Waals surface area contributed by atoms with E-state index in [9.17, 15) is 13.2 Å². The molecule has 1 aliphatic heterocycles. The highest BCUT2D eigenvalue weighted by Crippen LogP contribution is 2.28. The molecule has 6 nitrogen and oxygen atoms in total. The number of carbonyl (C=O) groups excluding carboxylic acids is 1. The predicted molar refractivity (Wildman–Crippen MR) is 95.7 cm³/mol. The fraction of sp³-hybridized carbons (Fsp3) is 0.389. The molecule has 1 aliphatic rings. The summed E-state index contributed by atoms with van der Waals surface area (Å²) in [5.74, 6) is -0.265. The van der Waals surface area contributed by atoms with Crippen LogP contribution in [0.3, 0.4) is 0 Å². The Labute approximate surface area is 147 Å². The fourth-order valence-electron chi connectivity index (χ4n) is 3.15. The Bertz CT molecular complexity index is 866. The third-order valence-corrected chi connectivity index (χ3v) is 6.34. The van der Waals surface area contributed by atoms with Gasteiger partial charge >= 0.3 is 0 Å². The maximum absolute atomic E-state index is 13.0. The van der Waals surface area contributed by atoms with E-state index in [4.69, 9.17) is 4.74 Å². The molecule has 1 fully saturated rings. The molecule has 1 amide bonds. The van der Waals surface area contributed by atoms with Crippen molar-refractivity contribution in [1.82, 2.24) is 9.62 Å². The van der Waals surface area contributed by atoms with Gasteiger partial charge in [-0.1, -0.05) is 30.3 Å². The van der Waals surface area contributed by atoms with Crippen LogP contribution in [0.25, 0.3) is 10.8 Å². The molecule has 1 N–H and O–H groups in total. The van der Waals surface area contributed by atoms with Crippen molar-refractivity contribution in [2.75, 3.05) is 26.8 Å². The summed E-state index contributed by atoms with van der Waals surface area (Å²) in [6.07, 6.45) is 1.21. The van der Waals surface area contributed by atoms with Gasteiger partial charge in [-0.05, 0) is 35.7 Å². The van der Waals surface area contributed by atoms with Crippen molar-refractivity contribution < 1.29 is 17.9 Å². The normalized spacial score (nSPS) is 18.5. The molecule has 0 spiro atoms. The molecule has 2 aromatic carbocycles. The number of hydrogen-bond acceptors (Lipinski definition) is 4. The Morgan fingerprint density at radius 2 is 2.00 bits per heavy atom. The Hall–Kier alpha value is -1.96. The standard InChI is InChI=1S/C18H22N2O4S/c1-24-12-10-19-18(21)17-7-4-11-20(17)25(22,23)16-9-8-14-5-2-3-6-15(14)13-16/h2-3,5-6,8-9,13,17H,4,7,10-12H2,1H3,(H,19,21)/t17-/m1/s1. The van der Waals surface area contributed by atoms with Crippen molar-refractivity contribution in [2.45, 2.75) is 23.8 Å². The Morgan fingerprint density at radius 1 is 1.24 bits per heavy atom. The molecular formula is C18H22N2O4S. The summed E-state index contributed by atoms with van der Waals surface area (Å²) in [5.41, 5.74) is 0. The molecule has 0 aliphatic carbocycles. The van der Waals surface area contributed by atoms with E-state index in [1.807, 2.05) is 24.3 Å². The van der Waals surface area contributed by atoms with E-state index < -0.39 is 16.1 Å². The Kier molecular flexibility index (Phi) is 5.36. The van der Waals surface area contributed by atoms with E-state index in [2.05, 4.69) is 5.32 Å². The molecule has 3 rings (SSSR count). The van der Waals surface area contributed by atoms with Gasteiger partial charge < -0.3 is 10.1 Å². The van der Waals surface area contributed by atoms with Gasteiger partial charge in [-0.25, -0.2) is 8.42 Å². The van der Waals surface area contributed by atoms with Crippen LogP contribution in [0.5, 0.6) is 0 Å². The first-order valence-corrected chi connectivity index (χ1v) is 9.75. The third kappa shape index (κ3) is 3.68. The summed E-state index contributed by atoms with van der Waals surface area (Å²) in [5, 5.41) is 4.59. The van der Waals surface area contributed by atoms with Gasteiger partial charge in [0.15, 0.2) is 0 Å². The summed E-state index contributed by atoms with van der Waals surface area (Å²) < 4.78 is 32.3. The van der Waals surface area contributed by atoms with E-state index in [0.29, 0.717) is 32.5 Å². The van der Waals surface area contributed by atoms with Crippen molar-refractivity contribution in [3.05, 3.63) is 42.5 Å². The summed E-state index contributed by atoms with van der Waals surface area (Å²) >= 11 is 0. The average molecular weight is 362 g/mol. The van der Waals surface area contributed by atoms with E-state index in [-0.39, 0.29) is 10.8 Å². The lowest BCUT2D eigenvalue weighted by Crippen LogP contribution is -2.46. The minimum Gasteiger partial charge on any atom is -0.383 e. The molecule has 7 heteroatoms. The number of benzene rings is 2. The van der Waals surface area contributed by atoms with Crippen LogP contribution in [0.1, 0.15) is 12.8 Å². The third-order valence-electron chi connectivity index (χ3n) is 4.44. The van der Waals surface area contributed by atoms with Crippen LogP contribution < -0.4 is 5.32 Å². The largest absolute Gasteiger partial charge is 0.383 e. The predicted octanol–water partition coefficient (Wildman–Crippen LogP) is 1.76. The lowest BCUT2D eigenvalue weighted by Gasteiger charge is -2.23. The summed E-state index contributed by atoms with van der Waals surface area (Å²) in [7, 11) is -2.16. The number of nitrogens with one attached hydrogen (secondary N) is 1. The van der Waals surface area contributed by atoms with Gasteiger partial charge in [0.25, 0.3) is 0 Å². The van der Waals surface area contributed by atoms with Crippen LogP contribution in [-0.4, -0.2) is 51.5 Å². The summed E-state index contributed by atoms with van der Waals surface area (Å²) in [4.78, 5) is 12.6. The SMILES string of the molecule is COCCNC(=O)[C@H]1CCCN1S(=O)(=O)c1ccc2ccccc2c1. The minimum atomic E-state index is -3.71. The quantitative estimate of drug-likeness (QED) is 0.795. The van der Waals surface area contributed by atoms with Gasteiger partial charge in [-0.2, -0.15) is 4.31 Å². The number of sulfonamides is 1. The van der Waals surface area contributed by atoms with Gasteiger partial charge in [0.1, 0.15) is 6.04 Å². The molecule has 2 aromatic rings. The number of hydrogen-bond donors (Lipinski definition) is 1. The highest BCUT2D eigenvalue weighted by molar-refractivity contribution is 7.89.